The molecule has 154 valence electrons. The minimum absolute atomic E-state index is 0.308. The van der Waals surface area contributed by atoms with Gasteiger partial charge in [-0.25, -0.2) is 0 Å². The van der Waals surface area contributed by atoms with Crippen molar-refractivity contribution >= 4 is 21.6 Å². The molecule has 0 bridgehead atoms. The van der Waals surface area contributed by atoms with Gasteiger partial charge in [0, 0.05) is 16.7 Å². The fourth-order valence-corrected chi connectivity index (χ4v) is 4.79. The molecule has 4 rings (SSSR count). The van der Waals surface area contributed by atoms with Crippen molar-refractivity contribution in [3.05, 3.63) is 57.6 Å². The van der Waals surface area contributed by atoms with E-state index in [0.717, 1.165) is 6.42 Å². The van der Waals surface area contributed by atoms with Gasteiger partial charge in [0.15, 0.2) is 0 Å². The number of benzene rings is 1. The van der Waals surface area contributed by atoms with Crippen LogP contribution in [0.4, 0.5) is 0 Å². The normalized spacial score (nSPS) is 11.6. The zero-order chi connectivity index (χ0) is 21.3. The van der Waals surface area contributed by atoms with Gasteiger partial charge in [-0.3, -0.25) is 0 Å². The van der Waals surface area contributed by atoms with Crippen LogP contribution in [0.25, 0.3) is 21.5 Å². The third-order valence-corrected chi connectivity index (χ3v) is 6.55. The van der Waals surface area contributed by atoms with E-state index in [1.54, 1.807) is 11.3 Å². The lowest BCUT2D eigenvalue weighted by atomic mass is 9.91. The van der Waals surface area contributed by atoms with Crippen molar-refractivity contribution in [3.63, 3.8) is 0 Å². The molecular formula is C24H31N3OS. The molecule has 0 saturated heterocycles. The molecule has 0 spiro atoms. The maximum absolute atomic E-state index is 5.85. The molecule has 4 nitrogen and oxygen atoms in total. The van der Waals surface area contributed by atoms with Gasteiger partial charge >= 0.3 is 0 Å². The van der Waals surface area contributed by atoms with E-state index in [4.69, 9.17) is 4.42 Å². The number of nitrogens with one attached hydrogen (secondary N) is 1. The smallest absolute Gasteiger partial charge is 0.227 e. The zero-order valence-corrected chi connectivity index (χ0v) is 19.5. The Morgan fingerprint density at radius 2 is 1.66 bits per heavy atom. The van der Waals surface area contributed by atoms with Crippen molar-refractivity contribution in [3.8, 4) is 11.3 Å². The molecule has 29 heavy (non-hydrogen) atoms. The van der Waals surface area contributed by atoms with Gasteiger partial charge in [-0.2, -0.15) is 0 Å². The van der Waals surface area contributed by atoms with Gasteiger partial charge in [-0.15, -0.1) is 21.5 Å². The van der Waals surface area contributed by atoms with Crippen LogP contribution in [0.1, 0.15) is 68.0 Å². The van der Waals surface area contributed by atoms with Crippen LogP contribution in [-0.4, -0.2) is 15.2 Å². The lowest BCUT2D eigenvalue weighted by Gasteiger charge is -2.18. The maximum Gasteiger partial charge on any atom is 0.227 e. The molecule has 0 radical (unpaired) electrons. The number of hydrogen-bond donors (Lipinski definition) is 1. The molecule has 3 heterocycles. The van der Waals surface area contributed by atoms with Gasteiger partial charge in [0.1, 0.15) is 4.83 Å². The lowest BCUT2D eigenvalue weighted by Crippen LogP contribution is -2.17. The molecule has 1 aromatic carbocycles. The van der Waals surface area contributed by atoms with Gasteiger partial charge in [0.25, 0.3) is 0 Å². The fourth-order valence-electron chi connectivity index (χ4n) is 3.57. The second-order valence-corrected chi connectivity index (χ2v) is 8.89. The van der Waals surface area contributed by atoms with E-state index in [0.29, 0.717) is 11.8 Å². The number of aromatic nitrogens is 3. The van der Waals surface area contributed by atoms with Crippen LogP contribution < -0.4 is 0 Å². The van der Waals surface area contributed by atoms with Crippen LogP contribution in [0, 0.1) is 20.8 Å². The number of rotatable bonds is 4. The largest absolute Gasteiger partial charge is 0.424 e. The first kappa shape index (κ1) is 21.3. The van der Waals surface area contributed by atoms with Gasteiger partial charge in [-0.1, -0.05) is 38.0 Å². The molecule has 5 heteroatoms. The predicted molar refractivity (Wildman–Crippen MR) is 123 cm³/mol. The van der Waals surface area contributed by atoms with Gasteiger partial charge in [0.2, 0.25) is 11.8 Å². The highest BCUT2D eigenvalue weighted by Crippen LogP contribution is 2.41. The molecule has 0 aliphatic carbocycles. The molecule has 0 aliphatic rings. The molecule has 3 aromatic heterocycles. The lowest BCUT2D eigenvalue weighted by molar-refractivity contribution is 0.393. The van der Waals surface area contributed by atoms with Crippen LogP contribution in [0.2, 0.25) is 0 Å². The van der Waals surface area contributed by atoms with E-state index < -0.39 is 0 Å². The monoisotopic (exact) mass is 409 g/mol. The summed E-state index contributed by atoms with van der Waals surface area (Å²) < 4.78 is 5.85. The van der Waals surface area contributed by atoms with E-state index in [2.05, 4.69) is 74.1 Å². The maximum atomic E-state index is 5.85. The highest BCUT2D eigenvalue weighted by Gasteiger charge is 2.32. The van der Waals surface area contributed by atoms with Crippen LogP contribution in [0.15, 0.2) is 28.7 Å². The van der Waals surface area contributed by atoms with Crippen LogP contribution in [0.5, 0.6) is 0 Å². The highest BCUT2D eigenvalue weighted by molar-refractivity contribution is 7.18. The Kier molecular flexibility index (Phi) is 5.99. The number of hydrogen-bond acceptors (Lipinski definition) is 4. The first-order chi connectivity index (χ1) is 13.8. The summed E-state index contributed by atoms with van der Waals surface area (Å²) in [6.45, 7) is 16.8. The number of thiophene rings is 1. The Labute approximate surface area is 177 Å². The summed E-state index contributed by atoms with van der Waals surface area (Å²) in [5.74, 6) is 1.36. The molecule has 1 N–H and O–H groups in total. The molecule has 0 unspecified atom stereocenters. The minimum Gasteiger partial charge on any atom is -0.424 e. The van der Waals surface area contributed by atoms with E-state index in [1.165, 1.54) is 43.0 Å². The summed E-state index contributed by atoms with van der Waals surface area (Å²) in [5, 5.41) is 9.68. The Bertz CT molecular complexity index is 1110. The average Bonchev–Trinajstić information content (AvgIpc) is 3.39. The molecular weight excluding hydrogens is 378 g/mol. The standard InChI is InChI=1S/C22H25N3OS.C2H6/c1-7-18-24-25-21(26-18)22(5,6)17-11-16-14(4)19(23-20(16)27-17)15-9-12(2)8-13(3)10-15;1-2/h8-11,23H,7H2,1-6H3;1-2H3. The van der Waals surface area contributed by atoms with Crippen molar-refractivity contribution < 1.29 is 4.42 Å². The molecule has 4 aromatic rings. The summed E-state index contributed by atoms with van der Waals surface area (Å²) in [7, 11) is 0. The third kappa shape index (κ3) is 3.88. The number of aryl methyl sites for hydroxylation is 4. The Hall–Kier alpha value is -2.40. The Balaban J connectivity index is 0.00000117. The number of nitrogens with zero attached hydrogens (tertiary/aromatic N) is 2. The molecule has 0 aliphatic heterocycles. The van der Waals surface area contributed by atoms with E-state index >= 15 is 0 Å². The number of fused-ring (bicyclic) bond motifs is 1. The fraction of sp³-hybridized carbons (Fsp3) is 0.417. The number of aromatic amines is 1. The van der Waals surface area contributed by atoms with Crippen molar-refractivity contribution in [2.24, 2.45) is 0 Å². The predicted octanol–water partition coefficient (Wildman–Crippen LogP) is 7.12. The topological polar surface area (TPSA) is 54.7 Å². The Morgan fingerprint density at radius 1 is 1.00 bits per heavy atom. The Morgan fingerprint density at radius 3 is 2.21 bits per heavy atom. The quantitative estimate of drug-likeness (QED) is 0.390. The minimum atomic E-state index is -0.308. The SMILES string of the molecule is CC.CCc1nnc(C(C)(C)c2cc3c(C)c(-c4cc(C)cc(C)c4)[nH]c3s2)o1. The van der Waals surface area contributed by atoms with Crippen LogP contribution >= 0.6 is 11.3 Å². The first-order valence-electron chi connectivity index (χ1n) is 10.3. The van der Waals surface area contributed by atoms with Crippen LogP contribution in [-0.2, 0) is 11.8 Å². The summed E-state index contributed by atoms with van der Waals surface area (Å²) >= 11 is 1.77. The van der Waals surface area contributed by atoms with Crippen molar-refractivity contribution in [2.45, 2.75) is 67.2 Å². The van der Waals surface area contributed by atoms with Crippen molar-refractivity contribution in [1.82, 2.24) is 15.2 Å². The average molecular weight is 410 g/mol. The number of H-pyrrole nitrogens is 1. The summed E-state index contributed by atoms with van der Waals surface area (Å²) in [4.78, 5) is 6.07. The van der Waals surface area contributed by atoms with Crippen LogP contribution in [0.3, 0.4) is 0 Å². The molecule has 0 atom stereocenters. The van der Waals surface area contributed by atoms with Gasteiger partial charge in [0.05, 0.1) is 11.1 Å². The molecule has 0 saturated carbocycles. The highest BCUT2D eigenvalue weighted by atomic mass is 32.1. The molecule has 0 amide bonds. The van der Waals surface area contributed by atoms with Gasteiger partial charge < -0.3 is 9.40 Å². The van der Waals surface area contributed by atoms with E-state index in [1.807, 2.05) is 20.8 Å². The third-order valence-electron chi connectivity index (χ3n) is 5.18. The summed E-state index contributed by atoms with van der Waals surface area (Å²) in [5.41, 5.74) is 6.00. The second-order valence-electron chi connectivity index (χ2n) is 7.83. The van der Waals surface area contributed by atoms with Crippen molar-refractivity contribution in [1.29, 1.82) is 0 Å². The van der Waals surface area contributed by atoms with Crippen molar-refractivity contribution in [2.75, 3.05) is 0 Å². The molecule has 0 fully saturated rings. The van der Waals surface area contributed by atoms with Gasteiger partial charge in [-0.05, 0) is 63.9 Å². The first-order valence-corrected chi connectivity index (χ1v) is 11.2. The van der Waals surface area contributed by atoms with E-state index in [9.17, 15) is 0 Å². The second kappa shape index (κ2) is 8.15. The summed E-state index contributed by atoms with van der Waals surface area (Å²) in [6, 6.07) is 8.96. The summed E-state index contributed by atoms with van der Waals surface area (Å²) in [6.07, 6.45) is 0.757. The zero-order valence-electron chi connectivity index (χ0n) is 18.7. The van der Waals surface area contributed by atoms with E-state index in [-0.39, 0.29) is 5.41 Å².